The lowest BCUT2D eigenvalue weighted by atomic mass is 10.1. The third-order valence-corrected chi connectivity index (χ3v) is 5.66. The fourth-order valence-electron chi connectivity index (χ4n) is 4.05. The van der Waals surface area contributed by atoms with Crippen LogP contribution in [0, 0.1) is 0 Å². The van der Waals surface area contributed by atoms with E-state index in [-0.39, 0.29) is 36.9 Å². The number of amides is 2. The van der Waals surface area contributed by atoms with Crippen molar-refractivity contribution in [1.82, 2.24) is 26.6 Å². The van der Waals surface area contributed by atoms with Crippen LogP contribution in [0.2, 0.25) is 0 Å². The van der Waals surface area contributed by atoms with Crippen molar-refractivity contribution in [3.63, 3.8) is 0 Å². The zero-order valence-corrected chi connectivity index (χ0v) is 17.6. The molecule has 13 nitrogen and oxygen atoms in total. The van der Waals surface area contributed by atoms with Gasteiger partial charge >= 0.3 is 11.9 Å². The van der Waals surface area contributed by atoms with E-state index in [0.29, 0.717) is 24.6 Å². The molecule has 4 bridgehead atoms. The minimum absolute atomic E-state index is 0.0646. The highest BCUT2D eigenvalue weighted by Crippen LogP contribution is 2.22. The topological polar surface area (TPSA) is 198 Å². The Kier molecular flexibility index (Phi) is 5.72. The van der Waals surface area contributed by atoms with Gasteiger partial charge in [0.1, 0.15) is 17.6 Å². The Hall–Kier alpha value is -4.00. The minimum Gasteiger partial charge on any atom is -0.481 e. The molecule has 1 aromatic rings. The monoisotopic (exact) mass is 459 g/mol. The molecule has 1 aromatic carbocycles. The summed E-state index contributed by atoms with van der Waals surface area (Å²) in [5.41, 5.74) is 7.79. The third-order valence-electron chi connectivity index (χ3n) is 5.66. The molecule has 2 saturated heterocycles. The Balaban J connectivity index is 1.48. The molecule has 13 heteroatoms. The van der Waals surface area contributed by atoms with E-state index < -0.39 is 29.7 Å². The van der Waals surface area contributed by atoms with Gasteiger partial charge in [-0.2, -0.15) is 0 Å². The number of carboxylic acids is 2. The Morgan fingerprint density at radius 3 is 2.61 bits per heavy atom. The minimum atomic E-state index is -1.31. The molecule has 6 rings (SSSR count). The van der Waals surface area contributed by atoms with Crippen LogP contribution < -0.4 is 37.2 Å². The second kappa shape index (κ2) is 8.50. The van der Waals surface area contributed by atoms with Gasteiger partial charge in [-0.25, -0.2) is 4.79 Å². The lowest BCUT2D eigenvalue weighted by Crippen LogP contribution is -2.74. The van der Waals surface area contributed by atoms with Crippen LogP contribution in [0.4, 0.5) is 5.69 Å². The molecule has 0 spiro atoms. The zero-order chi connectivity index (χ0) is 23.8. The number of nitrogens with one attached hydrogen (secondary N) is 5. The summed E-state index contributed by atoms with van der Waals surface area (Å²) in [4.78, 5) is 48.9. The first kappa shape index (κ1) is 22.2. The number of carbonyl (C=O) groups is 4. The van der Waals surface area contributed by atoms with Crippen molar-refractivity contribution in [3.05, 3.63) is 41.3 Å². The summed E-state index contributed by atoms with van der Waals surface area (Å²) in [7, 11) is 0. The van der Waals surface area contributed by atoms with Crippen LogP contribution in [0.25, 0.3) is 0 Å². The molecule has 0 radical (unpaired) electrons. The van der Waals surface area contributed by atoms with E-state index in [0.717, 1.165) is 5.69 Å². The molecule has 5 heterocycles. The number of hydrogen-bond acceptors (Lipinski definition) is 9. The first-order valence-corrected chi connectivity index (χ1v) is 10.4. The highest BCUT2D eigenvalue weighted by molar-refractivity contribution is 5.97. The van der Waals surface area contributed by atoms with Gasteiger partial charge in [-0.3, -0.25) is 20.1 Å². The number of carbonyl (C=O) groups excluding carboxylic acids is 2. The Morgan fingerprint density at radius 1 is 1.21 bits per heavy atom. The van der Waals surface area contributed by atoms with Crippen LogP contribution in [-0.4, -0.2) is 71.5 Å². The van der Waals surface area contributed by atoms with Crippen molar-refractivity contribution in [2.24, 2.45) is 5.73 Å². The van der Waals surface area contributed by atoms with E-state index in [9.17, 15) is 24.3 Å². The maximum absolute atomic E-state index is 12.5. The van der Waals surface area contributed by atoms with Crippen molar-refractivity contribution in [3.8, 4) is 0 Å². The molecule has 9 N–H and O–H groups in total. The van der Waals surface area contributed by atoms with E-state index in [1.54, 1.807) is 24.3 Å². The number of rotatable bonds is 7. The number of nitrogens with zero attached hydrogens (tertiary/aromatic N) is 1. The molecule has 0 aliphatic carbocycles. The maximum Gasteiger partial charge on any atom is 0.326 e. The van der Waals surface area contributed by atoms with Crippen molar-refractivity contribution >= 4 is 29.4 Å². The average molecular weight is 459 g/mol. The van der Waals surface area contributed by atoms with Gasteiger partial charge in [0.05, 0.1) is 12.6 Å². The summed E-state index contributed by atoms with van der Waals surface area (Å²) in [6.07, 6.45) is -0.598. The standard InChI is InChI=1S/C20H25N7O6/c21-20-9-27(8-11-7-22-16(25-20)15(23-11)18(31)26-20)12-3-1-10(2-4-12)17(30)24-13(19(32)33)5-6-14(28)29/h1-4,11,13,22-23,25H,5-9,21H2,(H,24,30)(H,26,31)(H,28,29)(H,32,33)/t11?,13-,20?/m0/s1. The number of anilines is 1. The van der Waals surface area contributed by atoms with Gasteiger partial charge in [-0.05, 0) is 30.7 Å². The molecule has 2 fully saturated rings. The van der Waals surface area contributed by atoms with E-state index in [4.69, 9.17) is 10.8 Å². The molecule has 2 unspecified atom stereocenters. The summed E-state index contributed by atoms with van der Waals surface area (Å²) in [6, 6.07) is 5.14. The fraction of sp³-hybridized carbons (Fsp3) is 0.400. The summed E-state index contributed by atoms with van der Waals surface area (Å²) < 4.78 is 0. The molecular formula is C20H25N7O6. The Morgan fingerprint density at radius 2 is 1.94 bits per heavy atom. The smallest absolute Gasteiger partial charge is 0.326 e. The number of nitrogens with two attached hydrogens (primary N) is 1. The first-order chi connectivity index (χ1) is 15.6. The molecule has 5 aliphatic rings. The number of aliphatic carboxylic acids is 2. The highest BCUT2D eigenvalue weighted by Gasteiger charge is 2.42. The van der Waals surface area contributed by atoms with Crippen LogP contribution in [0.3, 0.4) is 0 Å². The molecule has 0 saturated carbocycles. The first-order valence-electron chi connectivity index (χ1n) is 10.4. The highest BCUT2D eigenvalue weighted by atomic mass is 16.4. The lowest BCUT2D eigenvalue weighted by molar-refractivity contribution is -0.140. The average Bonchev–Trinajstić information content (AvgIpc) is 2.88. The van der Waals surface area contributed by atoms with Gasteiger partial charge in [0, 0.05) is 30.8 Å². The van der Waals surface area contributed by atoms with Gasteiger partial charge in [0.25, 0.3) is 11.8 Å². The van der Waals surface area contributed by atoms with Crippen LogP contribution in [0.15, 0.2) is 35.8 Å². The van der Waals surface area contributed by atoms with Crippen molar-refractivity contribution < 1.29 is 29.4 Å². The quantitative estimate of drug-likeness (QED) is 0.217. The van der Waals surface area contributed by atoms with Crippen LogP contribution in [0.1, 0.15) is 23.2 Å². The number of benzene rings is 1. The van der Waals surface area contributed by atoms with E-state index in [1.165, 1.54) is 0 Å². The SMILES string of the molecule is NC12CN(c3ccc(C(=O)N[C@@H](CCC(=O)O)C(=O)O)cc3)CC3CNC(=C(N3)C(=O)N1)N2. The predicted octanol–water partition coefficient (Wildman–Crippen LogP) is -2.38. The Bertz CT molecular complexity index is 1030. The zero-order valence-electron chi connectivity index (χ0n) is 17.6. The van der Waals surface area contributed by atoms with E-state index >= 15 is 0 Å². The summed E-state index contributed by atoms with van der Waals surface area (Å²) in [6.45, 7) is 1.36. The van der Waals surface area contributed by atoms with Gasteiger partial charge < -0.3 is 41.7 Å². The molecule has 176 valence electrons. The molecule has 2 amide bonds. The molecule has 33 heavy (non-hydrogen) atoms. The second-order valence-corrected chi connectivity index (χ2v) is 8.25. The van der Waals surface area contributed by atoms with Crippen molar-refractivity contribution in [2.45, 2.75) is 30.7 Å². The van der Waals surface area contributed by atoms with E-state index in [1.807, 2.05) is 4.90 Å². The lowest BCUT2D eigenvalue weighted by Gasteiger charge is -2.40. The van der Waals surface area contributed by atoms with Crippen LogP contribution in [-0.2, 0) is 14.4 Å². The predicted molar refractivity (Wildman–Crippen MR) is 115 cm³/mol. The fourth-order valence-corrected chi connectivity index (χ4v) is 4.05. The van der Waals surface area contributed by atoms with Crippen LogP contribution >= 0.6 is 0 Å². The second-order valence-electron chi connectivity index (χ2n) is 8.25. The molecule has 3 atom stereocenters. The van der Waals surface area contributed by atoms with Gasteiger partial charge in [-0.1, -0.05) is 0 Å². The molecule has 0 aromatic heterocycles. The van der Waals surface area contributed by atoms with Gasteiger partial charge in [0.2, 0.25) is 0 Å². The summed E-state index contributed by atoms with van der Waals surface area (Å²) >= 11 is 0. The van der Waals surface area contributed by atoms with E-state index in [2.05, 4.69) is 26.6 Å². The summed E-state index contributed by atoms with van der Waals surface area (Å²) in [5, 5.41) is 32.6. The molecular weight excluding hydrogens is 434 g/mol. The van der Waals surface area contributed by atoms with Gasteiger partial charge in [-0.15, -0.1) is 0 Å². The third kappa shape index (κ3) is 4.77. The number of hydrogen-bond donors (Lipinski definition) is 8. The van der Waals surface area contributed by atoms with Crippen molar-refractivity contribution in [2.75, 3.05) is 24.5 Å². The summed E-state index contributed by atoms with van der Waals surface area (Å²) in [5.74, 6) is -4.02. The van der Waals surface area contributed by atoms with Crippen LogP contribution in [0.5, 0.6) is 0 Å². The molecule has 5 aliphatic heterocycles. The van der Waals surface area contributed by atoms with Crippen molar-refractivity contribution in [1.29, 1.82) is 0 Å². The largest absolute Gasteiger partial charge is 0.481 e. The Labute approximate surface area is 188 Å². The van der Waals surface area contributed by atoms with Gasteiger partial charge in [0.15, 0.2) is 5.79 Å². The maximum atomic E-state index is 12.5. The normalized spacial score (nSPS) is 24.3. The number of fused-ring (bicyclic) bond motifs is 2. The number of carboxylic acid groups (broad SMARTS) is 2.